The van der Waals surface area contributed by atoms with E-state index in [9.17, 15) is 0 Å². The Labute approximate surface area is 158 Å². The molecule has 0 fully saturated rings. The fourth-order valence-electron chi connectivity index (χ4n) is 3.05. The van der Waals surface area contributed by atoms with Gasteiger partial charge in [-0.2, -0.15) is 0 Å². The Kier molecular flexibility index (Phi) is 23.3. The molecule has 0 aliphatic rings. The Morgan fingerprint density at radius 2 is 1.00 bits per heavy atom. The standard InChI is InChI=1S/C23H46O2/c1-2-3-4-5-6-7-8-9-10-11-12-13-14-15-16-19-22-25-23-20-17-18-21-24/h9-10,24H,2-8,11-23H2,1H3/b10-9-. The van der Waals surface area contributed by atoms with Crippen LogP contribution >= 0.6 is 0 Å². The SMILES string of the molecule is CCCCCCCC/C=C\CCCCCCCCOCCCCCO. The number of hydrogen-bond donors (Lipinski definition) is 1. The molecule has 0 saturated heterocycles. The first-order valence-electron chi connectivity index (χ1n) is 11.3. The lowest BCUT2D eigenvalue weighted by Gasteiger charge is -2.04. The quantitative estimate of drug-likeness (QED) is 0.174. The zero-order valence-corrected chi connectivity index (χ0v) is 17.2. The lowest BCUT2D eigenvalue weighted by molar-refractivity contribution is 0.124. The summed E-state index contributed by atoms with van der Waals surface area (Å²) in [5.41, 5.74) is 0. The maximum atomic E-state index is 8.68. The van der Waals surface area contributed by atoms with Gasteiger partial charge >= 0.3 is 0 Å². The second kappa shape index (κ2) is 23.7. The van der Waals surface area contributed by atoms with E-state index < -0.39 is 0 Å². The van der Waals surface area contributed by atoms with Crippen molar-refractivity contribution < 1.29 is 9.84 Å². The van der Waals surface area contributed by atoms with Crippen molar-refractivity contribution in [1.29, 1.82) is 0 Å². The molecular weight excluding hydrogens is 308 g/mol. The molecule has 0 amide bonds. The molecule has 25 heavy (non-hydrogen) atoms. The highest BCUT2D eigenvalue weighted by molar-refractivity contribution is 4.81. The van der Waals surface area contributed by atoms with Crippen molar-refractivity contribution >= 4 is 0 Å². The lowest BCUT2D eigenvalue weighted by Crippen LogP contribution is -1.97. The molecule has 0 bridgehead atoms. The van der Waals surface area contributed by atoms with Crippen LogP contribution in [0.25, 0.3) is 0 Å². The molecule has 0 aromatic rings. The van der Waals surface area contributed by atoms with Crippen molar-refractivity contribution in [3.05, 3.63) is 12.2 Å². The van der Waals surface area contributed by atoms with E-state index in [0.717, 1.165) is 32.5 Å². The third kappa shape index (κ3) is 23.7. The lowest BCUT2D eigenvalue weighted by atomic mass is 10.1. The van der Waals surface area contributed by atoms with E-state index in [1.54, 1.807) is 0 Å². The van der Waals surface area contributed by atoms with Crippen molar-refractivity contribution in [1.82, 2.24) is 0 Å². The molecule has 0 aliphatic carbocycles. The minimum atomic E-state index is 0.314. The van der Waals surface area contributed by atoms with Gasteiger partial charge in [0.15, 0.2) is 0 Å². The van der Waals surface area contributed by atoms with Crippen molar-refractivity contribution in [2.45, 2.75) is 116 Å². The first kappa shape index (κ1) is 24.7. The fraction of sp³-hybridized carbons (Fsp3) is 0.913. The highest BCUT2D eigenvalue weighted by atomic mass is 16.5. The second-order valence-corrected chi connectivity index (χ2v) is 7.33. The van der Waals surface area contributed by atoms with Crippen LogP contribution in [0.3, 0.4) is 0 Å². The molecular formula is C23H46O2. The molecule has 2 heteroatoms. The van der Waals surface area contributed by atoms with Gasteiger partial charge in [-0.1, -0.05) is 76.9 Å². The maximum Gasteiger partial charge on any atom is 0.0466 e. The summed E-state index contributed by atoms with van der Waals surface area (Å²) in [6.45, 7) is 4.38. The molecule has 1 N–H and O–H groups in total. The number of aliphatic hydroxyl groups is 1. The van der Waals surface area contributed by atoms with Crippen LogP contribution in [0.5, 0.6) is 0 Å². The van der Waals surface area contributed by atoms with Gasteiger partial charge in [-0.05, 0) is 51.4 Å². The van der Waals surface area contributed by atoms with E-state index in [-0.39, 0.29) is 0 Å². The van der Waals surface area contributed by atoms with Crippen molar-refractivity contribution in [3.8, 4) is 0 Å². The topological polar surface area (TPSA) is 29.5 Å². The van der Waals surface area contributed by atoms with E-state index >= 15 is 0 Å². The summed E-state index contributed by atoms with van der Waals surface area (Å²) in [6, 6.07) is 0. The van der Waals surface area contributed by atoms with Gasteiger partial charge in [0.1, 0.15) is 0 Å². The van der Waals surface area contributed by atoms with Crippen molar-refractivity contribution in [2.75, 3.05) is 19.8 Å². The Morgan fingerprint density at radius 1 is 0.560 bits per heavy atom. The first-order valence-corrected chi connectivity index (χ1v) is 11.3. The molecule has 0 aliphatic heterocycles. The van der Waals surface area contributed by atoms with Gasteiger partial charge in [0.2, 0.25) is 0 Å². The molecule has 0 radical (unpaired) electrons. The molecule has 0 atom stereocenters. The molecule has 2 nitrogen and oxygen atoms in total. The van der Waals surface area contributed by atoms with E-state index in [2.05, 4.69) is 19.1 Å². The smallest absolute Gasteiger partial charge is 0.0466 e. The summed E-state index contributed by atoms with van der Waals surface area (Å²) in [5, 5.41) is 8.68. The van der Waals surface area contributed by atoms with Crippen molar-refractivity contribution in [2.24, 2.45) is 0 Å². The van der Waals surface area contributed by atoms with Crippen LogP contribution in [0.2, 0.25) is 0 Å². The summed E-state index contributed by atoms with van der Waals surface area (Å²) < 4.78 is 5.61. The molecule has 0 unspecified atom stereocenters. The normalized spacial score (nSPS) is 11.6. The van der Waals surface area contributed by atoms with Gasteiger partial charge < -0.3 is 9.84 Å². The van der Waals surface area contributed by atoms with Crippen molar-refractivity contribution in [3.63, 3.8) is 0 Å². The minimum absolute atomic E-state index is 0.314. The third-order valence-electron chi connectivity index (χ3n) is 4.75. The summed E-state index contributed by atoms with van der Waals surface area (Å²) in [5.74, 6) is 0. The molecule has 0 aromatic carbocycles. The Balaban J connectivity index is 3.03. The van der Waals surface area contributed by atoms with Crippen LogP contribution < -0.4 is 0 Å². The van der Waals surface area contributed by atoms with E-state index in [1.165, 1.54) is 89.9 Å². The molecule has 150 valence electrons. The fourth-order valence-corrected chi connectivity index (χ4v) is 3.05. The average Bonchev–Trinajstić information content (AvgIpc) is 2.63. The van der Waals surface area contributed by atoms with Crippen LogP contribution in [-0.2, 0) is 4.74 Å². The Bertz CT molecular complexity index is 250. The monoisotopic (exact) mass is 354 g/mol. The summed E-state index contributed by atoms with van der Waals surface area (Å²) >= 11 is 0. The van der Waals surface area contributed by atoms with E-state index in [4.69, 9.17) is 9.84 Å². The zero-order chi connectivity index (χ0) is 18.3. The van der Waals surface area contributed by atoms with Crippen LogP contribution in [-0.4, -0.2) is 24.9 Å². The number of aliphatic hydroxyl groups excluding tert-OH is 1. The van der Waals surface area contributed by atoms with Crippen LogP contribution in [0.4, 0.5) is 0 Å². The number of allylic oxidation sites excluding steroid dienone is 2. The van der Waals surface area contributed by atoms with Gasteiger partial charge in [-0.15, -0.1) is 0 Å². The van der Waals surface area contributed by atoms with Gasteiger partial charge in [0, 0.05) is 19.8 Å². The minimum Gasteiger partial charge on any atom is -0.396 e. The van der Waals surface area contributed by atoms with Gasteiger partial charge in [-0.3, -0.25) is 0 Å². The van der Waals surface area contributed by atoms with Crippen LogP contribution in [0.1, 0.15) is 116 Å². The maximum absolute atomic E-state index is 8.68. The second-order valence-electron chi connectivity index (χ2n) is 7.33. The van der Waals surface area contributed by atoms with Gasteiger partial charge in [-0.25, -0.2) is 0 Å². The Morgan fingerprint density at radius 3 is 1.52 bits per heavy atom. The zero-order valence-electron chi connectivity index (χ0n) is 17.2. The first-order chi connectivity index (χ1) is 12.4. The summed E-state index contributed by atoms with van der Waals surface area (Å²) in [6.07, 6.45) is 26.8. The van der Waals surface area contributed by atoms with Gasteiger partial charge in [0.05, 0.1) is 0 Å². The molecule has 0 heterocycles. The summed E-state index contributed by atoms with van der Waals surface area (Å²) in [4.78, 5) is 0. The molecule has 0 spiro atoms. The number of unbranched alkanes of at least 4 members (excludes halogenated alkanes) is 14. The number of rotatable bonds is 21. The largest absolute Gasteiger partial charge is 0.396 e. The third-order valence-corrected chi connectivity index (χ3v) is 4.75. The average molecular weight is 355 g/mol. The predicted molar refractivity (Wildman–Crippen MR) is 111 cm³/mol. The van der Waals surface area contributed by atoms with E-state index in [0.29, 0.717) is 6.61 Å². The molecule has 0 saturated carbocycles. The number of hydrogen-bond acceptors (Lipinski definition) is 2. The van der Waals surface area contributed by atoms with Crippen LogP contribution in [0, 0.1) is 0 Å². The van der Waals surface area contributed by atoms with E-state index in [1.807, 2.05) is 0 Å². The highest BCUT2D eigenvalue weighted by Gasteiger charge is 1.93. The summed E-state index contributed by atoms with van der Waals surface area (Å²) in [7, 11) is 0. The predicted octanol–water partition coefficient (Wildman–Crippen LogP) is 7.20. The molecule has 0 aromatic heterocycles. The number of ether oxygens (including phenoxy) is 1. The van der Waals surface area contributed by atoms with Gasteiger partial charge in [0.25, 0.3) is 0 Å². The highest BCUT2D eigenvalue weighted by Crippen LogP contribution is 2.10. The molecule has 0 rings (SSSR count). The van der Waals surface area contributed by atoms with Crippen LogP contribution in [0.15, 0.2) is 12.2 Å². The Hall–Kier alpha value is -0.340.